The van der Waals surface area contributed by atoms with Crippen LogP contribution in [0.4, 0.5) is 0 Å². The van der Waals surface area contributed by atoms with Gasteiger partial charge in [-0.25, -0.2) is 4.98 Å². The van der Waals surface area contributed by atoms with Crippen molar-refractivity contribution in [1.82, 2.24) is 10.3 Å². The molecule has 0 aliphatic heterocycles. The molecule has 0 bridgehead atoms. The summed E-state index contributed by atoms with van der Waals surface area (Å²) in [6, 6.07) is 8.07. The van der Waals surface area contributed by atoms with Crippen LogP contribution in [-0.4, -0.2) is 10.9 Å². The molecular weight excluding hydrogens is 292 g/mol. The molecule has 0 radical (unpaired) electrons. The van der Waals surface area contributed by atoms with Crippen LogP contribution >= 0.6 is 11.3 Å². The maximum atomic E-state index is 12.4. The Balaban J connectivity index is 1.64. The summed E-state index contributed by atoms with van der Waals surface area (Å²) in [7, 11) is 0. The standard InChI is InChI=1S/C18H22N2OS/c1-11(2)9-12-16(18(12,3)4)17(21)19-10-15-20-13-7-5-6-8-14(13)22-15/h5-9,12,16H,10H2,1-4H3,(H,19,21)/t12-,16+/m1/s1. The Morgan fingerprint density at radius 1 is 1.36 bits per heavy atom. The number of amides is 1. The lowest BCUT2D eigenvalue weighted by molar-refractivity contribution is -0.123. The summed E-state index contributed by atoms with van der Waals surface area (Å²) in [4.78, 5) is 17.0. The van der Waals surface area contributed by atoms with Crippen molar-refractivity contribution in [2.75, 3.05) is 0 Å². The van der Waals surface area contributed by atoms with E-state index in [9.17, 15) is 4.79 Å². The number of benzene rings is 1. The zero-order valence-electron chi connectivity index (χ0n) is 13.5. The molecule has 1 aromatic heterocycles. The molecule has 0 saturated heterocycles. The fourth-order valence-corrected chi connectivity index (χ4v) is 4.02. The van der Waals surface area contributed by atoms with Crippen molar-refractivity contribution in [2.45, 2.75) is 34.2 Å². The van der Waals surface area contributed by atoms with Gasteiger partial charge in [-0.05, 0) is 37.3 Å². The molecule has 0 unspecified atom stereocenters. The first kappa shape index (κ1) is 15.2. The monoisotopic (exact) mass is 314 g/mol. The Morgan fingerprint density at radius 2 is 2.09 bits per heavy atom. The van der Waals surface area contributed by atoms with Crippen molar-refractivity contribution in [2.24, 2.45) is 17.3 Å². The normalized spacial score (nSPS) is 22.4. The Kier molecular flexibility index (Phi) is 3.81. The van der Waals surface area contributed by atoms with Crippen molar-refractivity contribution >= 4 is 27.5 Å². The highest BCUT2D eigenvalue weighted by Gasteiger charge is 2.60. The van der Waals surface area contributed by atoms with E-state index in [0.717, 1.165) is 10.5 Å². The Bertz CT molecular complexity index is 707. The Morgan fingerprint density at radius 3 is 2.77 bits per heavy atom. The van der Waals surface area contributed by atoms with Gasteiger partial charge in [-0.15, -0.1) is 11.3 Å². The number of carbonyl (C=O) groups is 1. The van der Waals surface area contributed by atoms with Gasteiger partial charge < -0.3 is 5.32 Å². The van der Waals surface area contributed by atoms with Crippen molar-refractivity contribution in [3.63, 3.8) is 0 Å². The van der Waals surface area contributed by atoms with Crippen LogP contribution in [0.1, 0.15) is 32.7 Å². The van der Waals surface area contributed by atoms with E-state index in [1.54, 1.807) is 11.3 Å². The summed E-state index contributed by atoms with van der Waals surface area (Å²) >= 11 is 1.64. The average Bonchev–Trinajstić information content (AvgIpc) is 2.83. The molecule has 1 aromatic carbocycles. The number of fused-ring (bicyclic) bond motifs is 1. The molecule has 2 aromatic rings. The third-order valence-corrected chi connectivity index (χ3v) is 5.49. The smallest absolute Gasteiger partial charge is 0.224 e. The topological polar surface area (TPSA) is 42.0 Å². The summed E-state index contributed by atoms with van der Waals surface area (Å²) in [6.45, 7) is 9.03. The molecule has 116 valence electrons. The fraction of sp³-hybridized carbons (Fsp3) is 0.444. The van der Waals surface area contributed by atoms with E-state index in [1.165, 1.54) is 10.3 Å². The lowest BCUT2D eigenvalue weighted by Crippen LogP contribution is -2.26. The summed E-state index contributed by atoms with van der Waals surface area (Å²) in [5.41, 5.74) is 2.35. The molecule has 22 heavy (non-hydrogen) atoms. The minimum absolute atomic E-state index is 0.0644. The molecule has 1 heterocycles. The number of para-hydroxylation sites is 1. The number of nitrogens with zero attached hydrogens (tertiary/aromatic N) is 1. The van der Waals surface area contributed by atoms with Crippen molar-refractivity contribution in [3.05, 3.63) is 40.9 Å². The highest BCUT2D eigenvalue weighted by molar-refractivity contribution is 7.18. The number of hydrogen-bond acceptors (Lipinski definition) is 3. The molecule has 1 aliphatic rings. The number of hydrogen-bond donors (Lipinski definition) is 1. The van der Waals surface area contributed by atoms with Gasteiger partial charge in [-0.3, -0.25) is 4.79 Å². The SMILES string of the molecule is CC(C)=C[C@@H]1[C@@H](C(=O)NCc2nc3ccccc3s2)C1(C)C. The van der Waals surface area contributed by atoms with Gasteiger partial charge >= 0.3 is 0 Å². The van der Waals surface area contributed by atoms with Crippen LogP contribution in [0.2, 0.25) is 0 Å². The third kappa shape index (κ3) is 2.80. The number of aromatic nitrogens is 1. The number of carbonyl (C=O) groups excluding carboxylic acids is 1. The van der Waals surface area contributed by atoms with Gasteiger partial charge in [0.25, 0.3) is 0 Å². The number of thiazole rings is 1. The van der Waals surface area contributed by atoms with Crippen LogP contribution in [0.15, 0.2) is 35.9 Å². The van der Waals surface area contributed by atoms with Crippen LogP contribution < -0.4 is 5.32 Å². The number of allylic oxidation sites excluding steroid dienone is 2. The first-order valence-corrected chi connectivity index (χ1v) is 8.48. The predicted molar refractivity (Wildman–Crippen MR) is 91.7 cm³/mol. The summed E-state index contributed by atoms with van der Waals surface area (Å²) in [5, 5.41) is 4.03. The van der Waals surface area contributed by atoms with Crippen molar-refractivity contribution < 1.29 is 4.79 Å². The molecule has 1 fully saturated rings. The zero-order chi connectivity index (χ0) is 15.9. The van der Waals surface area contributed by atoms with Crippen LogP contribution in [0.3, 0.4) is 0 Å². The molecule has 1 saturated carbocycles. The van der Waals surface area contributed by atoms with E-state index in [0.29, 0.717) is 12.5 Å². The van der Waals surface area contributed by atoms with Gasteiger partial charge in [0.1, 0.15) is 5.01 Å². The third-order valence-electron chi connectivity index (χ3n) is 4.46. The first-order valence-electron chi connectivity index (χ1n) is 7.67. The molecule has 3 nitrogen and oxygen atoms in total. The van der Waals surface area contributed by atoms with Crippen LogP contribution in [-0.2, 0) is 11.3 Å². The van der Waals surface area contributed by atoms with E-state index < -0.39 is 0 Å². The lowest BCUT2D eigenvalue weighted by atomic mass is 10.1. The second kappa shape index (κ2) is 5.51. The van der Waals surface area contributed by atoms with Gasteiger partial charge in [0, 0.05) is 0 Å². The van der Waals surface area contributed by atoms with Crippen LogP contribution in [0, 0.1) is 17.3 Å². The number of nitrogens with one attached hydrogen (secondary N) is 1. The summed E-state index contributed by atoms with van der Waals surface area (Å²) in [5.74, 6) is 0.580. The highest BCUT2D eigenvalue weighted by Crippen LogP contribution is 2.59. The van der Waals surface area contributed by atoms with E-state index in [4.69, 9.17) is 0 Å². The van der Waals surface area contributed by atoms with Gasteiger partial charge in [0.2, 0.25) is 5.91 Å². The van der Waals surface area contributed by atoms with Crippen LogP contribution in [0.5, 0.6) is 0 Å². The first-order chi connectivity index (χ1) is 10.4. The largest absolute Gasteiger partial charge is 0.349 e. The fourth-order valence-electron chi connectivity index (χ4n) is 3.12. The highest BCUT2D eigenvalue weighted by atomic mass is 32.1. The molecular formula is C18H22N2OS. The molecule has 1 N–H and O–H groups in total. The molecule has 2 atom stereocenters. The van der Waals surface area contributed by atoms with Gasteiger partial charge in [0.15, 0.2) is 0 Å². The van der Waals surface area contributed by atoms with Gasteiger partial charge in [0.05, 0.1) is 22.7 Å². The minimum Gasteiger partial charge on any atom is -0.349 e. The Labute approximate surface area is 135 Å². The number of rotatable bonds is 4. The zero-order valence-corrected chi connectivity index (χ0v) is 14.3. The summed E-state index contributed by atoms with van der Waals surface area (Å²) in [6.07, 6.45) is 2.22. The van der Waals surface area contributed by atoms with Crippen molar-refractivity contribution in [1.29, 1.82) is 0 Å². The molecule has 4 heteroatoms. The Hall–Kier alpha value is -1.68. The maximum Gasteiger partial charge on any atom is 0.224 e. The molecule has 0 spiro atoms. The maximum absolute atomic E-state index is 12.4. The van der Waals surface area contributed by atoms with E-state index in [1.807, 2.05) is 18.2 Å². The minimum atomic E-state index is 0.0644. The van der Waals surface area contributed by atoms with E-state index >= 15 is 0 Å². The lowest BCUT2D eigenvalue weighted by Gasteiger charge is -2.03. The van der Waals surface area contributed by atoms with Gasteiger partial charge in [-0.1, -0.05) is 37.6 Å². The van der Waals surface area contributed by atoms with E-state index in [2.05, 4.69) is 50.1 Å². The molecule has 1 amide bonds. The van der Waals surface area contributed by atoms with Crippen LogP contribution in [0.25, 0.3) is 10.2 Å². The second-order valence-electron chi connectivity index (χ2n) is 6.86. The molecule has 1 aliphatic carbocycles. The second-order valence-corrected chi connectivity index (χ2v) is 7.98. The average molecular weight is 314 g/mol. The molecule has 3 rings (SSSR count). The summed E-state index contributed by atoms with van der Waals surface area (Å²) < 4.78 is 1.17. The quantitative estimate of drug-likeness (QED) is 0.861. The predicted octanol–water partition coefficient (Wildman–Crippen LogP) is 4.15. The van der Waals surface area contributed by atoms with E-state index in [-0.39, 0.29) is 17.2 Å². The van der Waals surface area contributed by atoms with Gasteiger partial charge in [-0.2, -0.15) is 0 Å². The van der Waals surface area contributed by atoms with Crippen molar-refractivity contribution in [3.8, 4) is 0 Å².